The molecule has 126 valence electrons. The molecule has 2 fully saturated rings. The van der Waals surface area contributed by atoms with Gasteiger partial charge >= 0.3 is 6.03 Å². The lowest BCUT2D eigenvalue weighted by Gasteiger charge is -2.19. The first-order chi connectivity index (χ1) is 11.6. The van der Waals surface area contributed by atoms with E-state index in [4.69, 9.17) is 4.52 Å². The standard InChI is InChI=1S/C15H18N6O3/c1-9-8-10(19-18-9)12-16-11(20-24-12)4-7-21-13(22)15(17-14(21)23)5-2-3-6-15/h8H,2-7H2,1H3,(H,17,23)(H,18,19). The second kappa shape index (κ2) is 5.43. The van der Waals surface area contributed by atoms with E-state index in [1.165, 1.54) is 4.90 Å². The zero-order chi connectivity index (χ0) is 16.7. The van der Waals surface area contributed by atoms with Gasteiger partial charge in [-0.15, -0.1) is 0 Å². The third-order valence-electron chi connectivity index (χ3n) is 4.66. The van der Waals surface area contributed by atoms with Gasteiger partial charge in [0.05, 0.1) is 0 Å². The first-order valence-corrected chi connectivity index (χ1v) is 8.06. The highest BCUT2D eigenvalue weighted by Crippen LogP contribution is 2.35. The maximum atomic E-state index is 12.6. The number of aromatic nitrogens is 4. The summed E-state index contributed by atoms with van der Waals surface area (Å²) < 4.78 is 5.18. The summed E-state index contributed by atoms with van der Waals surface area (Å²) >= 11 is 0. The van der Waals surface area contributed by atoms with Crippen molar-refractivity contribution >= 4 is 11.9 Å². The Morgan fingerprint density at radius 2 is 2.12 bits per heavy atom. The molecular formula is C15H18N6O3. The number of aryl methyl sites for hydroxylation is 1. The van der Waals surface area contributed by atoms with Gasteiger partial charge in [0.15, 0.2) is 11.5 Å². The molecule has 0 atom stereocenters. The normalized spacial score (nSPS) is 19.5. The van der Waals surface area contributed by atoms with Crippen molar-refractivity contribution in [3.05, 3.63) is 17.6 Å². The van der Waals surface area contributed by atoms with Crippen LogP contribution in [0.15, 0.2) is 10.6 Å². The van der Waals surface area contributed by atoms with Gasteiger partial charge in [0.1, 0.15) is 5.54 Å². The summed E-state index contributed by atoms with van der Waals surface area (Å²) in [6, 6.07) is 1.48. The van der Waals surface area contributed by atoms with Gasteiger partial charge in [-0.2, -0.15) is 10.1 Å². The van der Waals surface area contributed by atoms with E-state index in [1.54, 1.807) is 6.07 Å². The van der Waals surface area contributed by atoms with Crippen LogP contribution in [0.5, 0.6) is 0 Å². The van der Waals surface area contributed by atoms with Gasteiger partial charge in [-0.25, -0.2) is 4.79 Å². The zero-order valence-corrected chi connectivity index (χ0v) is 13.3. The molecule has 0 unspecified atom stereocenters. The first kappa shape index (κ1) is 14.9. The number of amides is 3. The number of hydrogen-bond donors (Lipinski definition) is 2. The Kier molecular flexibility index (Phi) is 3.36. The molecule has 4 rings (SSSR count). The minimum Gasteiger partial charge on any atom is -0.332 e. The van der Waals surface area contributed by atoms with Crippen LogP contribution in [0.25, 0.3) is 11.6 Å². The Morgan fingerprint density at radius 1 is 1.33 bits per heavy atom. The summed E-state index contributed by atoms with van der Waals surface area (Å²) in [5.41, 5.74) is 0.795. The zero-order valence-electron chi connectivity index (χ0n) is 13.3. The van der Waals surface area contributed by atoms with Crippen LogP contribution < -0.4 is 5.32 Å². The van der Waals surface area contributed by atoms with E-state index in [2.05, 4.69) is 25.7 Å². The third-order valence-corrected chi connectivity index (χ3v) is 4.66. The number of H-pyrrole nitrogens is 1. The Morgan fingerprint density at radius 3 is 2.83 bits per heavy atom. The third kappa shape index (κ3) is 2.36. The molecule has 24 heavy (non-hydrogen) atoms. The molecule has 2 aromatic rings. The Labute approximate surface area is 137 Å². The van der Waals surface area contributed by atoms with Gasteiger partial charge in [-0.05, 0) is 25.8 Å². The lowest BCUT2D eigenvalue weighted by molar-refractivity contribution is -0.131. The van der Waals surface area contributed by atoms with Crippen LogP contribution in [-0.4, -0.2) is 49.3 Å². The average molecular weight is 330 g/mol. The van der Waals surface area contributed by atoms with E-state index in [0.717, 1.165) is 31.4 Å². The number of carbonyl (C=O) groups is 2. The van der Waals surface area contributed by atoms with Gasteiger partial charge < -0.3 is 9.84 Å². The fraction of sp³-hybridized carbons (Fsp3) is 0.533. The number of nitrogens with zero attached hydrogens (tertiary/aromatic N) is 4. The molecule has 3 amide bonds. The lowest BCUT2D eigenvalue weighted by atomic mass is 9.98. The van der Waals surface area contributed by atoms with Crippen LogP contribution in [0.3, 0.4) is 0 Å². The highest BCUT2D eigenvalue weighted by Gasteiger charge is 2.52. The van der Waals surface area contributed by atoms with Crippen molar-refractivity contribution in [2.24, 2.45) is 0 Å². The summed E-state index contributed by atoms with van der Waals surface area (Å²) in [6.07, 6.45) is 3.73. The summed E-state index contributed by atoms with van der Waals surface area (Å²) in [6.45, 7) is 2.12. The molecular weight excluding hydrogens is 312 g/mol. The molecule has 1 saturated heterocycles. The van der Waals surface area contributed by atoms with E-state index in [0.29, 0.717) is 23.8 Å². The molecule has 9 nitrogen and oxygen atoms in total. The average Bonchev–Trinajstić information content (AvgIpc) is 3.30. The molecule has 1 saturated carbocycles. The number of nitrogens with one attached hydrogen (secondary N) is 2. The predicted molar refractivity (Wildman–Crippen MR) is 81.8 cm³/mol. The van der Waals surface area contributed by atoms with Crippen LogP contribution in [0, 0.1) is 6.92 Å². The lowest BCUT2D eigenvalue weighted by Crippen LogP contribution is -2.44. The van der Waals surface area contributed by atoms with Crippen LogP contribution >= 0.6 is 0 Å². The Hall–Kier alpha value is -2.71. The van der Waals surface area contributed by atoms with Gasteiger partial charge in [-0.1, -0.05) is 18.0 Å². The Balaban J connectivity index is 1.43. The second-order valence-corrected chi connectivity index (χ2v) is 6.38. The summed E-state index contributed by atoms with van der Waals surface area (Å²) in [5.74, 6) is 0.633. The topological polar surface area (TPSA) is 117 Å². The summed E-state index contributed by atoms with van der Waals surface area (Å²) in [7, 11) is 0. The second-order valence-electron chi connectivity index (χ2n) is 6.38. The minimum atomic E-state index is -0.675. The Bertz CT molecular complexity index is 789. The SMILES string of the molecule is Cc1cc(-c2nc(CCN3C(=O)NC4(CCCC4)C3=O)no2)n[nH]1. The van der Waals surface area contributed by atoms with Crippen molar-refractivity contribution in [3.63, 3.8) is 0 Å². The molecule has 2 aliphatic rings. The van der Waals surface area contributed by atoms with Crippen molar-refractivity contribution in [1.82, 2.24) is 30.6 Å². The van der Waals surface area contributed by atoms with Crippen molar-refractivity contribution < 1.29 is 14.1 Å². The van der Waals surface area contributed by atoms with Crippen LogP contribution in [-0.2, 0) is 11.2 Å². The number of urea groups is 1. The molecule has 1 aliphatic heterocycles. The highest BCUT2D eigenvalue weighted by atomic mass is 16.5. The maximum absolute atomic E-state index is 12.6. The summed E-state index contributed by atoms with van der Waals surface area (Å²) in [5, 5.41) is 13.6. The molecule has 0 bridgehead atoms. The van der Waals surface area contributed by atoms with Crippen LogP contribution in [0.1, 0.15) is 37.2 Å². The largest absolute Gasteiger partial charge is 0.332 e. The smallest absolute Gasteiger partial charge is 0.325 e. The maximum Gasteiger partial charge on any atom is 0.325 e. The van der Waals surface area contributed by atoms with E-state index in [9.17, 15) is 9.59 Å². The molecule has 3 heterocycles. The molecule has 1 aliphatic carbocycles. The molecule has 2 N–H and O–H groups in total. The van der Waals surface area contributed by atoms with Crippen LogP contribution in [0.4, 0.5) is 4.79 Å². The monoisotopic (exact) mass is 330 g/mol. The van der Waals surface area contributed by atoms with E-state index < -0.39 is 5.54 Å². The van der Waals surface area contributed by atoms with Crippen LogP contribution in [0.2, 0.25) is 0 Å². The van der Waals surface area contributed by atoms with E-state index in [-0.39, 0.29) is 18.5 Å². The number of hydrogen-bond acceptors (Lipinski definition) is 6. The molecule has 0 aromatic carbocycles. The molecule has 2 aromatic heterocycles. The highest BCUT2D eigenvalue weighted by molar-refractivity contribution is 6.07. The van der Waals surface area contributed by atoms with Gasteiger partial charge in [0.2, 0.25) is 0 Å². The van der Waals surface area contributed by atoms with Crippen molar-refractivity contribution in [2.45, 2.75) is 44.6 Å². The number of rotatable bonds is 4. The fourth-order valence-electron chi connectivity index (χ4n) is 3.40. The van der Waals surface area contributed by atoms with Crippen molar-refractivity contribution in [2.75, 3.05) is 6.54 Å². The van der Waals surface area contributed by atoms with Gasteiger partial charge in [0, 0.05) is 18.7 Å². The van der Waals surface area contributed by atoms with E-state index in [1.807, 2.05) is 6.92 Å². The van der Waals surface area contributed by atoms with Crippen molar-refractivity contribution in [1.29, 1.82) is 0 Å². The molecule has 0 radical (unpaired) electrons. The minimum absolute atomic E-state index is 0.128. The number of aromatic amines is 1. The van der Waals surface area contributed by atoms with Gasteiger partial charge in [-0.3, -0.25) is 14.8 Å². The molecule has 1 spiro atoms. The predicted octanol–water partition coefficient (Wildman–Crippen LogP) is 1.18. The van der Waals surface area contributed by atoms with Gasteiger partial charge in [0.25, 0.3) is 11.8 Å². The number of carbonyl (C=O) groups excluding carboxylic acids is 2. The van der Waals surface area contributed by atoms with E-state index >= 15 is 0 Å². The number of imide groups is 1. The molecule has 9 heteroatoms. The fourth-order valence-corrected chi connectivity index (χ4v) is 3.40. The summed E-state index contributed by atoms with van der Waals surface area (Å²) in [4.78, 5) is 30.2. The first-order valence-electron chi connectivity index (χ1n) is 8.06. The van der Waals surface area contributed by atoms with Crippen molar-refractivity contribution in [3.8, 4) is 11.6 Å². The quantitative estimate of drug-likeness (QED) is 0.813.